The molecule has 1 fully saturated rings. The van der Waals surface area contributed by atoms with E-state index in [9.17, 15) is 4.79 Å². The van der Waals surface area contributed by atoms with Crippen LogP contribution in [0, 0.1) is 5.41 Å². The minimum atomic E-state index is -1.51. The molecule has 1 saturated heterocycles. The van der Waals surface area contributed by atoms with Crippen LogP contribution in [-0.4, -0.2) is 22.3 Å². The Morgan fingerprint density at radius 2 is 2.00 bits per heavy atom. The topological polar surface area (TPSA) is 26.3 Å². The van der Waals surface area contributed by atoms with Crippen molar-refractivity contribution in [1.82, 2.24) is 0 Å². The molecule has 1 aliphatic rings. The Morgan fingerprint density at radius 3 is 2.38 bits per heavy atom. The van der Waals surface area contributed by atoms with E-state index in [1.807, 2.05) is 13.8 Å². The summed E-state index contributed by atoms with van der Waals surface area (Å²) in [6.45, 7) is 3.96. The lowest BCUT2D eigenvalue weighted by molar-refractivity contribution is -0.143. The molecule has 0 saturated carbocycles. The standard InChI is InChI=1S/C8H11Cl3O2/c1-7(2)4-13-6(3-5(7)12)8(9,10)11/h6H,3-4H2,1-2H3. The van der Waals surface area contributed by atoms with Crippen molar-refractivity contribution in [2.75, 3.05) is 6.61 Å². The van der Waals surface area contributed by atoms with Crippen LogP contribution in [0.25, 0.3) is 0 Å². The number of rotatable bonds is 0. The summed E-state index contributed by atoms with van der Waals surface area (Å²) in [5, 5.41) is 0. The molecule has 0 spiro atoms. The molecule has 0 aromatic heterocycles. The molecule has 0 amide bonds. The van der Waals surface area contributed by atoms with E-state index in [0.717, 1.165) is 0 Å². The lowest BCUT2D eigenvalue weighted by Gasteiger charge is -2.35. The molecule has 76 valence electrons. The van der Waals surface area contributed by atoms with Crippen LogP contribution in [0.1, 0.15) is 20.3 Å². The molecule has 0 aromatic rings. The Labute approximate surface area is 92.5 Å². The highest BCUT2D eigenvalue weighted by molar-refractivity contribution is 6.68. The summed E-state index contributed by atoms with van der Waals surface area (Å²) in [6, 6.07) is 0. The van der Waals surface area contributed by atoms with Gasteiger partial charge in [-0.2, -0.15) is 0 Å². The van der Waals surface area contributed by atoms with Crippen LogP contribution < -0.4 is 0 Å². The summed E-state index contributed by atoms with van der Waals surface area (Å²) in [6.07, 6.45) is -0.443. The fourth-order valence-corrected chi connectivity index (χ4v) is 1.52. The Bertz CT molecular complexity index is 220. The first-order valence-electron chi connectivity index (χ1n) is 3.95. The van der Waals surface area contributed by atoms with E-state index in [1.54, 1.807) is 0 Å². The predicted octanol–water partition coefficient (Wildman–Crippen LogP) is 2.74. The van der Waals surface area contributed by atoms with Crippen molar-refractivity contribution in [1.29, 1.82) is 0 Å². The van der Waals surface area contributed by atoms with Crippen LogP contribution in [0.2, 0.25) is 0 Å². The second-order valence-corrected chi connectivity index (χ2v) is 6.22. The molecule has 5 heteroatoms. The zero-order chi connectivity index (χ0) is 10.3. The van der Waals surface area contributed by atoms with E-state index in [4.69, 9.17) is 39.5 Å². The number of ether oxygens (including phenoxy) is 1. The third-order valence-corrected chi connectivity index (χ3v) is 2.87. The minimum Gasteiger partial charge on any atom is -0.372 e. The molecular formula is C8H11Cl3O2. The van der Waals surface area contributed by atoms with Gasteiger partial charge >= 0.3 is 0 Å². The van der Waals surface area contributed by atoms with Gasteiger partial charge in [0.05, 0.1) is 6.61 Å². The summed E-state index contributed by atoms with van der Waals surface area (Å²) >= 11 is 16.9. The number of alkyl halides is 3. The third-order valence-electron chi connectivity index (χ3n) is 2.14. The second-order valence-electron chi connectivity index (χ2n) is 3.85. The first-order valence-corrected chi connectivity index (χ1v) is 5.08. The largest absolute Gasteiger partial charge is 0.372 e. The van der Waals surface area contributed by atoms with E-state index in [-0.39, 0.29) is 12.2 Å². The van der Waals surface area contributed by atoms with Crippen LogP contribution >= 0.6 is 34.8 Å². The van der Waals surface area contributed by atoms with Crippen molar-refractivity contribution < 1.29 is 9.53 Å². The number of Topliss-reactive ketones (excluding diaryl/α,β-unsaturated/α-hetero) is 1. The molecule has 0 radical (unpaired) electrons. The van der Waals surface area contributed by atoms with Gasteiger partial charge in [0.25, 0.3) is 0 Å². The summed E-state index contributed by atoms with van der Waals surface area (Å²) in [7, 11) is 0. The molecule has 0 bridgehead atoms. The Balaban J connectivity index is 2.67. The summed E-state index contributed by atoms with van der Waals surface area (Å²) < 4.78 is 3.80. The third kappa shape index (κ3) is 2.72. The molecule has 13 heavy (non-hydrogen) atoms. The molecule has 2 nitrogen and oxygen atoms in total. The maximum absolute atomic E-state index is 11.5. The van der Waals surface area contributed by atoms with Crippen LogP contribution in [0.4, 0.5) is 0 Å². The molecule has 1 heterocycles. The van der Waals surface area contributed by atoms with Gasteiger partial charge in [-0.3, -0.25) is 4.79 Å². The normalized spacial score (nSPS) is 29.0. The summed E-state index contributed by atoms with van der Waals surface area (Å²) in [4.78, 5) is 11.5. The molecule has 0 N–H and O–H groups in total. The Kier molecular flexibility index (Phi) is 3.18. The van der Waals surface area contributed by atoms with E-state index < -0.39 is 15.3 Å². The molecule has 1 atom stereocenters. The summed E-state index contributed by atoms with van der Waals surface area (Å²) in [5.74, 6) is 0.0788. The minimum absolute atomic E-state index is 0.0788. The van der Waals surface area contributed by atoms with Crippen LogP contribution in [0.3, 0.4) is 0 Å². The fraction of sp³-hybridized carbons (Fsp3) is 0.875. The highest BCUT2D eigenvalue weighted by Crippen LogP contribution is 2.39. The Hall–Kier alpha value is 0.500. The zero-order valence-corrected chi connectivity index (χ0v) is 9.71. The number of hydrogen-bond donors (Lipinski definition) is 0. The second kappa shape index (κ2) is 3.58. The fourth-order valence-electron chi connectivity index (χ4n) is 1.10. The quantitative estimate of drug-likeness (QED) is 0.614. The first kappa shape index (κ1) is 11.6. The molecule has 1 unspecified atom stereocenters. The van der Waals surface area contributed by atoms with E-state index in [0.29, 0.717) is 6.61 Å². The van der Waals surface area contributed by atoms with Gasteiger partial charge in [0.15, 0.2) is 0 Å². The van der Waals surface area contributed by atoms with Crippen molar-refractivity contribution >= 4 is 40.6 Å². The van der Waals surface area contributed by atoms with E-state index >= 15 is 0 Å². The van der Waals surface area contributed by atoms with Crippen molar-refractivity contribution in [3.63, 3.8) is 0 Å². The number of carbonyl (C=O) groups is 1. The molecule has 0 aromatic carbocycles. The van der Waals surface area contributed by atoms with Gasteiger partial charge in [-0.1, -0.05) is 48.7 Å². The number of carbonyl (C=O) groups excluding carboxylic acids is 1. The zero-order valence-electron chi connectivity index (χ0n) is 7.44. The molecular weight excluding hydrogens is 234 g/mol. The lowest BCUT2D eigenvalue weighted by atomic mass is 9.84. The van der Waals surface area contributed by atoms with Gasteiger partial charge in [-0.25, -0.2) is 0 Å². The van der Waals surface area contributed by atoms with Crippen molar-refractivity contribution in [3.8, 4) is 0 Å². The highest BCUT2D eigenvalue weighted by atomic mass is 35.6. The molecule has 1 aliphatic heterocycles. The predicted molar refractivity (Wildman–Crippen MR) is 53.4 cm³/mol. The number of halogens is 3. The van der Waals surface area contributed by atoms with Gasteiger partial charge in [-0.15, -0.1) is 0 Å². The van der Waals surface area contributed by atoms with Gasteiger partial charge < -0.3 is 4.74 Å². The van der Waals surface area contributed by atoms with Gasteiger partial charge in [-0.05, 0) is 0 Å². The Morgan fingerprint density at radius 1 is 1.46 bits per heavy atom. The number of ketones is 1. The van der Waals surface area contributed by atoms with Crippen molar-refractivity contribution in [2.24, 2.45) is 5.41 Å². The summed E-state index contributed by atoms with van der Waals surface area (Å²) in [5.41, 5.74) is -0.452. The lowest BCUT2D eigenvalue weighted by Crippen LogP contribution is -2.45. The van der Waals surface area contributed by atoms with Crippen molar-refractivity contribution in [2.45, 2.75) is 30.2 Å². The van der Waals surface area contributed by atoms with Crippen molar-refractivity contribution in [3.05, 3.63) is 0 Å². The van der Waals surface area contributed by atoms with Crippen LogP contribution in [0.15, 0.2) is 0 Å². The first-order chi connectivity index (χ1) is 5.73. The maximum Gasteiger partial charge on any atom is 0.216 e. The van der Waals surface area contributed by atoms with E-state index in [1.165, 1.54) is 0 Å². The monoisotopic (exact) mass is 244 g/mol. The average Bonchev–Trinajstić information content (AvgIpc) is 1.92. The smallest absolute Gasteiger partial charge is 0.216 e. The maximum atomic E-state index is 11.5. The van der Waals surface area contributed by atoms with Crippen LogP contribution in [0.5, 0.6) is 0 Å². The van der Waals surface area contributed by atoms with Gasteiger partial charge in [0.1, 0.15) is 11.9 Å². The molecule has 0 aliphatic carbocycles. The average molecular weight is 246 g/mol. The molecule has 1 rings (SSSR count). The van der Waals surface area contributed by atoms with Crippen LogP contribution in [-0.2, 0) is 9.53 Å². The van der Waals surface area contributed by atoms with E-state index in [2.05, 4.69) is 0 Å². The number of hydrogen-bond acceptors (Lipinski definition) is 2. The SMILES string of the molecule is CC1(C)COC(C(Cl)(Cl)Cl)CC1=O. The highest BCUT2D eigenvalue weighted by Gasteiger charge is 2.43. The van der Waals surface area contributed by atoms with Gasteiger partial charge in [0, 0.05) is 11.8 Å². The van der Waals surface area contributed by atoms with Gasteiger partial charge in [0.2, 0.25) is 3.79 Å².